The van der Waals surface area contributed by atoms with Crippen molar-refractivity contribution in [3.63, 3.8) is 0 Å². The molecular formula is C18H17ClN2O3. The number of carbonyl (C=O) groups is 2. The highest BCUT2D eigenvalue weighted by atomic mass is 35.5. The molecule has 2 aromatic rings. The first-order valence-electron chi connectivity index (χ1n) is 7.19. The van der Waals surface area contributed by atoms with Gasteiger partial charge in [0.25, 0.3) is 0 Å². The minimum atomic E-state index is -0.308. The maximum atomic E-state index is 12.0. The van der Waals surface area contributed by atoms with Crippen LogP contribution in [0.2, 0.25) is 5.02 Å². The molecule has 0 aromatic heterocycles. The molecule has 0 fully saturated rings. The summed E-state index contributed by atoms with van der Waals surface area (Å²) in [6.45, 7) is 1.39. The van der Waals surface area contributed by atoms with Crippen LogP contribution in [0.1, 0.15) is 12.5 Å². The molecule has 0 saturated heterocycles. The van der Waals surface area contributed by atoms with Gasteiger partial charge in [0.2, 0.25) is 11.8 Å². The largest absolute Gasteiger partial charge is 0.496 e. The number of anilines is 2. The Bertz CT molecular complexity index is 788. The highest BCUT2D eigenvalue weighted by Crippen LogP contribution is 2.25. The van der Waals surface area contributed by atoms with Gasteiger partial charge in [0.15, 0.2) is 0 Å². The monoisotopic (exact) mass is 344 g/mol. The number of methoxy groups -OCH3 is 1. The Morgan fingerprint density at radius 2 is 1.88 bits per heavy atom. The van der Waals surface area contributed by atoms with Crippen LogP contribution in [0.25, 0.3) is 6.08 Å². The fourth-order valence-corrected chi connectivity index (χ4v) is 2.21. The Morgan fingerprint density at radius 1 is 1.12 bits per heavy atom. The van der Waals surface area contributed by atoms with Crippen molar-refractivity contribution in [3.8, 4) is 5.75 Å². The van der Waals surface area contributed by atoms with Crippen LogP contribution in [-0.4, -0.2) is 18.9 Å². The van der Waals surface area contributed by atoms with E-state index in [0.717, 1.165) is 5.56 Å². The van der Waals surface area contributed by atoms with Crippen molar-refractivity contribution in [1.82, 2.24) is 0 Å². The summed E-state index contributed by atoms with van der Waals surface area (Å²) in [4.78, 5) is 23.2. The Morgan fingerprint density at radius 3 is 2.58 bits per heavy atom. The van der Waals surface area contributed by atoms with Crippen LogP contribution in [0.5, 0.6) is 5.75 Å². The normalized spacial score (nSPS) is 10.5. The van der Waals surface area contributed by atoms with Crippen molar-refractivity contribution in [2.75, 3.05) is 17.7 Å². The van der Waals surface area contributed by atoms with Crippen molar-refractivity contribution in [1.29, 1.82) is 0 Å². The van der Waals surface area contributed by atoms with E-state index in [9.17, 15) is 9.59 Å². The average Bonchev–Trinajstić information content (AvgIpc) is 2.56. The highest BCUT2D eigenvalue weighted by Gasteiger charge is 2.06. The number of rotatable bonds is 5. The Balaban J connectivity index is 2.09. The van der Waals surface area contributed by atoms with Crippen LogP contribution >= 0.6 is 11.6 Å². The number of hydrogen-bond donors (Lipinski definition) is 2. The number of carbonyl (C=O) groups excluding carboxylic acids is 2. The predicted octanol–water partition coefficient (Wildman–Crippen LogP) is 3.96. The smallest absolute Gasteiger partial charge is 0.248 e. The maximum Gasteiger partial charge on any atom is 0.248 e. The highest BCUT2D eigenvalue weighted by molar-refractivity contribution is 6.33. The lowest BCUT2D eigenvalue weighted by atomic mass is 10.2. The summed E-state index contributed by atoms with van der Waals surface area (Å²) in [7, 11) is 1.57. The zero-order chi connectivity index (χ0) is 17.5. The summed E-state index contributed by atoms with van der Waals surface area (Å²) in [5, 5.41) is 5.71. The summed E-state index contributed by atoms with van der Waals surface area (Å²) in [5.74, 6) is 0.134. The molecule has 0 aliphatic rings. The van der Waals surface area contributed by atoms with Crippen molar-refractivity contribution in [2.45, 2.75) is 6.92 Å². The number of amides is 2. The molecule has 0 saturated carbocycles. The van der Waals surface area contributed by atoms with Crippen LogP contribution in [0, 0.1) is 0 Å². The summed E-state index contributed by atoms with van der Waals surface area (Å²) < 4.78 is 5.22. The summed E-state index contributed by atoms with van der Waals surface area (Å²) in [6, 6.07) is 12.2. The second-order valence-electron chi connectivity index (χ2n) is 4.94. The van der Waals surface area contributed by atoms with Gasteiger partial charge < -0.3 is 15.4 Å². The van der Waals surface area contributed by atoms with Gasteiger partial charge in [-0.05, 0) is 30.3 Å². The van der Waals surface area contributed by atoms with Crippen molar-refractivity contribution >= 4 is 40.9 Å². The first kappa shape index (κ1) is 17.6. The molecule has 24 heavy (non-hydrogen) atoms. The van der Waals surface area contributed by atoms with E-state index in [-0.39, 0.29) is 11.8 Å². The zero-order valence-corrected chi connectivity index (χ0v) is 14.1. The second-order valence-corrected chi connectivity index (χ2v) is 5.35. The maximum absolute atomic E-state index is 12.0. The van der Waals surface area contributed by atoms with Gasteiger partial charge in [-0.3, -0.25) is 9.59 Å². The van der Waals surface area contributed by atoms with Crippen LogP contribution in [0.15, 0.2) is 48.5 Å². The molecule has 0 spiro atoms. The van der Waals surface area contributed by atoms with Crippen LogP contribution in [0.4, 0.5) is 11.4 Å². The summed E-state index contributed by atoms with van der Waals surface area (Å²) >= 11 is 6.00. The van der Waals surface area contributed by atoms with E-state index in [2.05, 4.69) is 10.6 Å². The SMILES string of the molecule is COc1ccccc1C=CC(=O)Nc1ccc(Cl)c(NC(C)=O)c1. The van der Waals surface area contributed by atoms with E-state index in [1.807, 2.05) is 24.3 Å². The van der Waals surface area contributed by atoms with Gasteiger partial charge in [-0.15, -0.1) is 0 Å². The second kappa shape index (κ2) is 8.17. The van der Waals surface area contributed by atoms with Gasteiger partial charge in [-0.2, -0.15) is 0 Å². The number of hydrogen-bond acceptors (Lipinski definition) is 3. The lowest BCUT2D eigenvalue weighted by Gasteiger charge is -2.08. The number of para-hydroxylation sites is 1. The van der Waals surface area contributed by atoms with Gasteiger partial charge in [0.05, 0.1) is 17.8 Å². The third-order valence-corrected chi connectivity index (χ3v) is 3.43. The van der Waals surface area contributed by atoms with Crippen LogP contribution in [0.3, 0.4) is 0 Å². The van der Waals surface area contributed by atoms with Gasteiger partial charge in [0.1, 0.15) is 5.75 Å². The average molecular weight is 345 g/mol. The lowest BCUT2D eigenvalue weighted by molar-refractivity contribution is -0.114. The molecule has 2 amide bonds. The standard InChI is InChI=1S/C18H17ClN2O3/c1-12(22)20-16-11-14(8-9-15(16)19)21-18(23)10-7-13-5-3-4-6-17(13)24-2/h3-11H,1-2H3,(H,20,22)(H,21,23). The molecule has 5 nitrogen and oxygen atoms in total. The molecule has 0 aliphatic carbocycles. The molecule has 0 unspecified atom stereocenters. The first-order chi connectivity index (χ1) is 11.5. The number of nitrogens with one attached hydrogen (secondary N) is 2. The number of ether oxygens (including phenoxy) is 1. The molecule has 124 valence electrons. The first-order valence-corrected chi connectivity index (χ1v) is 7.56. The van der Waals surface area contributed by atoms with E-state index in [1.54, 1.807) is 31.4 Å². The Labute approximate surface area is 145 Å². The molecule has 0 atom stereocenters. The lowest BCUT2D eigenvalue weighted by Crippen LogP contribution is -2.10. The number of benzene rings is 2. The molecule has 0 radical (unpaired) electrons. The van der Waals surface area contributed by atoms with E-state index in [0.29, 0.717) is 22.1 Å². The minimum absolute atomic E-state index is 0.239. The Hall–Kier alpha value is -2.79. The van der Waals surface area contributed by atoms with Crippen molar-refractivity contribution < 1.29 is 14.3 Å². The molecule has 2 aromatic carbocycles. The Kier molecular flexibility index (Phi) is 5.98. The quantitative estimate of drug-likeness (QED) is 0.807. The fourth-order valence-electron chi connectivity index (χ4n) is 2.04. The third-order valence-electron chi connectivity index (χ3n) is 3.10. The van der Waals surface area contributed by atoms with Crippen molar-refractivity contribution in [3.05, 3.63) is 59.1 Å². The fraction of sp³-hybridized carbons (Fsp3) is 0.111. The zero-order valence-electron chi connectivity index (χ0n) is 13.3. The topological polar surface area (TPSA) is 67.4 Å². The third kappa shape index (κ3) is 4.86. The van der Waals surface area contributed by atoms with Gasteiger partial charge in [-0.1, -0.05) is 29.8 Å². The van der Waals surface area contributed by atoms with E-state index in [1.165, 1.54) is 13.0 Å². The molecule has 2 rings (SSSR count). The predicted molar refractivity (Wildman–Crippen MR) is 96.4 cm³/mol. The summed E-state index contributed by atoms with van der Waals surface area (Å²) in [6.07, 6.45) is 3.07. The summed E-state index contributed by atoms with van der Waals surface area (Å²) in [5.41, 5.74) is 1.76. The molecule has 6 heteroatoms. The molecule has 0 aliphatic heterocycles. The molecule has 2 N–H and O–H groups in total. The molecular weight excluding hydrogens is 328 g/mol. The molecule has 0 bridgehead atoms. The van der Waals surface area contributed by atoms with Gasteiger partial charge in [0, 0.05) is 24.3 Å². The van der Waals surface area contributed by atoms with Crippen molar-refractivity contribution in [2.24, 2.45) is 0 Å². The minimum Gasteiger partial charge on any atom is -0.496 e. The number of halogens is 1. The van der Waals surface area contributed by atoms with E-state index >= 15 is 0 Å². The van der Waals surface area contributed by atoms with E-state index in [4.69, 9.17) is 16.3 Å². The van der Waals surface area contributed by atoms with E-state index < -0.39 is 0 Å². The van der Waals surface area contributed by atoms with Gasteiger partial charge in [-0.25, -0.2) is 0 Å². The van der Waals surface area contributed by atoms with Gasteiger partial charge >= 0.3 is 0 Å². The van der Waals surface area contributed by atoms with Crippen LogP contribution < -0.4 is 15.4 Å². The van der Waals surface area contributed by atoms with Crippen LogP contribution in [-0.2, 0) is 9.59 Å². The molecule has 0 heterocycles.